The molecule has 1 aliphatic heterocycles. The number of benzene rings is 1. The van der Waals surface area contributed by atoms with Crippen LogP contribution in [0, 0.1) is 0 Å². The van der Waals surface area contributed by atoms with Crippen molar-refractivity contribution in [3.05, 3.63) is 50.1 Å². The summed E-state index contributed by atoms with van der Waals surface area (Å²) in [4.78, 5) is 15.6. The van der Waals surface area contributed by atoms with Crippen LogP contribution in [0.3, 0.4) is 0 Å². The minimum atomic E-state index is -0.0281. The van der Waals surface area contributed by atoms with Crippen LogP contribution in [0.1, 0.15) is 20.8 Å². The smallest absolute Gasteiger partial charge is 0.254 e. The molecule has 1 aliphatic rings. The number of hydrogen-bond donors (Lipinski definition) is 1. The van der Waals surface area contributed by atoms with Crippen molar-refractivity contribution in [2.24, 2.45) is 0 Å². The Labute approximate surface area is 123 Å². The van der Waals surface area contributed by atoms with Gasteiger partial charge in [-0.1, -0.05) is 0 Å². The molecule has 1 aromatic heterocycles. The van der Waals surface area contributed by atoms with Gasteiger partial charge in [-0.25, -0.2) is 0 Å². The number of phenolic OH excluding ortho intramolecular Hbond substituents is 1. The molecule has 0 bridgehead atoms. The van der Waals surface area contributed by atoms with Crippen molar-refractivity contribution in [2.45, 2.75) is 13.0 Å². The van der Waals surface area contributed by atoms with Gasteiger partial charge in [-0.05, 0) is 57.6 Å². The zero-order valence-electron chi connectivity index (χ0n) is 10.1. The fourth-order valence-electron chi connectivity index (χ4n) is 2.25. The fourth-order valence-corrected chi connectivity index (χ4v) is 3.39. The highest BCUT2D eigenvalue weighted by Crippen LogP contribution is 2.28. The Morgan fingerprint density at radius 1 is 1.37 bits per heavy atom. The van der Waals surface area contributed by atoms with Crippen LogP contribution in [0.4, 0.5) is 0 Å². The predicted molar refractivity (Wildman–Crippen MR) is 78.6 cm³/mol. The fraction of sp³-hybridized carbons (Fsp3) is 0.214. The van der Waals surface area contributed by atoms with Crippen molar-refractivity contribution in [1.29, 1.82) is 0 Å². The summed E-state index contributed by atoms with van der Waals surface area (Å²) in [7, 11) is 0. The summed E-state index contributed by atoms with van der Waals surface area (Å²) in [5, 5.41) is 11.7. The minimum Gasteiger partial charge on any atom is -0.507 e. The molecule has 0 saturated carbocycles. The Bertz CT molecular complexity index is 638. The summed E-state index contributed by atoms with van der Waals surface area (Å²) in [6.45, 7) is 1.40. The van der Waals surface area contributed by atoms with Crippen LogP contribution in [0.25, 0.3) is 0 Å². The third-order valence-corrected chi connectivity index (χ3v) is 4.98. The number of amides is 1. The van der Waals surface area contributed by atoms with E-state index in [2.05, 4.69) is 27.4 Å². The van der Waals surface area contributed by atoms with Crippen molar-refractivity contribution in [2.75, 3.05) is 6.54 Å². The van der Waals surface area contributed by atoms with Gasteiger partial charge in [0.25, 0.3) is 5.91 Å². The standard InChI is InChI=1S/C14H12BrNO2S/c15-11-2-1-9(7-12(11)17)14(18)16-5-3-13-10(8-16)4-6-19-13/h1-2,4,6-7,17H,3,5,8H2. The first kappa shape index (κ1) is 12.7. The molecule has 0 fully saturated rings. The Balaban J connectivity index is 1.83. The van der Waals surface area contributed by atoms with Gasteiger partial charge in [0.1, 0.15) is 5.75 Å². The SMILES string of the molecule is O=C(c1ccc(Br)c(O)c1)N1CCc2sccc2C1. The average molecular weight is 338 g/mol. The van der Waals surface area contributed by atoms with Crippen LogP contribution in [-0.2, 0) is 13.0 Å². The van der Waals surface area contributed by atoms with E-state index in [-0.39, 0.29) is 11.7 Å². The van der Waals surface area contributed by atoms with Crippen LogP contribution in [-0.4, -0.2) is 22.5 Å². The van der Waals surface area contributed by atoms with Crippen molar-refractivity contribution in [1.82, 2.24) is 4.90 Å². The topological polar surface area (TPSA) is 40.5 Å². The van der Waals surface area contributed by atoms with Gasteiger partial charge in [0.15, 0.2) is 0 Å². The number of thiophene rings is 1. The van der Waals surface area contributed by atoms with E-state index < -0.39 is 0 Å². The van der Waals surface area contributed by atoms with Crippen molar-refractivity contribution >= 4 is 33.2 Å². The number of halogens is 1. The van der Waals surface area contributed by atoms with Gasteiger partial charge >= 0.3 is 0 Å². The molecule has 0 atom stereocenters. The highest BCUT2D eigenvalue weighted by molar-refractivity contribution is 9.10. The number of rotatable bonds is 1. The Morgan fingerprint density at radius 3 is 3.00 bits per heavy atom. The lowest BCUT2D eigenvalue weighted by atomic mass is 10.1. The number of fused-ring (bicyclic) bond motifs is 1. The number of carbonyl (C=O) groups is 1. The molecule has 1 aromatic carbocycles. The number of hydrogen-bond acceptors (Lipinski definition) is 3. The second kappa shape index (κ2) is 4.98. The number of carbonyl (C=O) groups excluding carboxylic acids is 1. The number of phenols is 1. The first-order chi connectivity index (χ1) is 9.15. The highest BCUT2D eigenvalue weighted by Gasteiger charge is 2.22. The Morgan fingerprint density at radius 2 is 2.21 bits per heavy atom. The van der Waals surface area contributed by atoms with Crippen LogP contribution >= 0.6 is 27.3 Å². The average Bonchev–Trinajstić information content (AvgIpc) is 2.88. The Kier molecular flexibility index (Phi) is 3.33. The minimum absolute atomic E-state index is 0.0281. The molecule has 98 valence electrons. The molecule has 2 aromatic rings. The van der Waals surface area contributed by atoms with Gasteiger partial charge in [0.05, 0.1) is 4.47 Å². The van der Waals surface area contributed by atoms with Crippen molar-refractivity contribution < 1.29 is 9.90 Å². The zero-order valence-corrected chi connectivity index (χ0v) is 12.5. The normalized spacial score (nSPS) is 14.3. The Hall–Kier alpha value is -1.33. The number of nitrogens with zero attached hydrogens (tertiary/aromatic N) is 1. The second-order valence-corrected chi connectivity index (χ2v) is 6.37. The van der Waals surface area contributed by atoms with Crippen molar-refractivity contribution in [3.8, 4) is 5.75 Å². The number of aromatic hydroxyl groups is 1. The lowest BCUT2D eigenvalue weighted by molar-refractivity contribution is 0.0735. The van der Waals surface area contributed by atoms with E-state index in [9.17, 15) is 9.90 Å². The maximum absolute atomic E-state index is 12.4. The van der Waals surface area contributed by atoms with E-state index in [1.54, 1.807) is 23.5 Å². The molecule has 3 rings (SSSR count). The molecule has 0 aliphatic carbocycles. The molecule has 5 heteroatoms. The molecule has 0 spiro atoms. The largest absolute Gasteiger partial charge is 0.507 e. The predicted octanol–water partition coefficient (Wildman–Crippen LogP) is 3.41. The van der Waals surface area contributed by atoms with E-state index in [1.165, 1.54) is 16.5 Å². The molecule has 0 unspecified atom stereocenters. The summed E-state index contributed by atoms with van der Waals surface area (Å²) in [6.07, 6.45) is 0.918. The van der Waals surface area contributed by atoms with Gasteiger partial charge < -0.3 is 10.0 Å². The lowest BCUT2D eigenvalue weighted by Gasteiger charge is -2.27. The summed E-state index contributed by atoms with van der Waals surface area (Å²) < 4.78 is 0.600. The van der Waals surface area contributed by atoms with Gasteiger partial charge in [-0.2, -0.15) is 0 Å². The maximum Gasteiger partial charge on any atom is 0.254 e. The molecule has 1 amide bonds. The molecular formula is C14H12BrNO2S. The first-order valence-electron chi connectivity index (χ1n) is 5.98. The summed E-state index contributed by atoms with van der Waals surface area (Å²) in [5.41, 5.74) is 1.77. The molecule has 0 saturated heterocycles. The van der Waals surface area contributed by atoms with E-state index in [0.717, 1.165) is 13.0 Å². The third-order valence-electron chi connectivity index (χ3n) is 3.29. The molecule has 19 heavy (non-hydrogen) atoms. The van der Waals surface area contributed by atoms with Crippen LogP contribution in [0.2, 0.25) is 0 Å². The highest BCUT2D eigenvalue weighted by atomic mass is 79.9. The van der Waals surface area contributed by atoms with E-state index >= 15 is 0 Å². The van der Waals surface area contributed by atoms with E-state index in [4.69, 9.17) is 0 Å². The molecular weight excluding hydrogens is 326 g/mol. The van der Waals surface area contributed by atoms with Gasteiger partial charge in [0, 0.05) is 23.5 Å². The molecule has 0 radical (unpaired) electrons. The summed E-state index contributed by atoms with van der Waals surface area (Å²) >= 11 is 4.97. The van der Waals surface area contributed by atoms with Crippen LogP contribution < -0.4 is 0 Å². The maximum atomic E-state index is 12.4. The molecule has 2 heterocycles. The van der Waals surface area contributed by atoms with Crippen LogP contribution in [0.5, 0.6) is 5.75 Å². The molecule has 3 nitrogen and oxygen atoms in total. The van der Waals surface area contributed by atoms with Crippen molar-refractivity contribution in [3.63, 3.8) is 0 Å². The molecule has 1 N–H and O–H groups in total. The van der Waals surface area contributed by atoms with E-state index in [1.807, 2.05) is 4.90 Å². The third kappa shape index (κ3) is 2.40. The summed E-state index contributed by atoms with van der Waals surface area (Å²) in [6, 6.07) is 7.02. The first-order valence-corrected chi connectivity index (χ1v) is 7.65. The quantitative estimate of drug-likeness (QED) is 0.866. The monoisotopic (exact) mass is 337 g/mol. The van der Waals surface area contributed by atoms with E-state index in [0.29, 0.717) is 16.6 Å². The zero-order chi connectivity index (χ0) is 13.4. The van der Waals surface area contributed by atoms with Gasteiger partial charge in [-0.15, -0.1) is 11.3 Å². The van der Waals surface area contributed by atoms with Gasteiger partial charge in [-0.3, -0.25) is 4.79 Å². The second-order valence-electron chi connectivity index (χ2n) is 4.51. The van der Waals surface area contributed by atoms with Crippen LogP contribution in [0.15, 0.2) is 34.1 Å². The summed E-state index contributed by atoms with van der Waals surface area (Å²) in [5.74, 6) is 0.0683. The van der Waals surface area contributed by atoms with Gasteiger partial charge in [0.2, 0.25) is 0 Å². The lowest BCUT2D eigenvalue weighted by Crippen LogP contribution is -2.35.